The fourth-order valence-electron chi connectivity index (χ4n) is 3.20. The first-order valence-electron chi connectivity index (χ1n) is 8.89. The summed E-state index contributed by atoms with van der Waals surface area (Å²) in [5.74, 6) is -1.74. The Morgan fingerprint density at radius 2 is 2.19 bits per heavy atom. The van der Waals surface area contributed by atoms with Gasteiger partial charge in [-0.2, -0.15) is 5.10 Å². The Hall–Kier alpha value is -2.74. The Morgan fingerprint density at radius 1 is 1.41 bits per heavy atom. The van der Waals surface area contributed by atoms with Gasteiger partial charge in [0.2, 0.25) is 0 Å². The SMILES string of the molecule is Cc1c(C(=O)N(CCC(=O)O)C[C@H]2CCCO2)cnn1-c1ccccc1F. The maximum atomic E-state index is 14.1. The molecule has 0 spiro atoms. The number of carboxylic acids is 1. The van der Waals surface area contributed by atoms with Gasteiger partial charge in [-0.15, -0.1) is 0 Å². The highest BCUT2D eigenvalue weighted by molar-refractivity contribution is 5.95. The summed E-state index contributed by atoms with van der Waals surface area (Å²) in [7, 11) is 0. The van der Waals surface area contributed by atoms with E-state index in [2.05, 4.69) is 5.10 Å². The van der Waals surface area contributed by atoms with Crippen molar-refractivity contribution in [2.75, 3.05) is 19.7 Å². The number of benzene rings is 1. The van der Waals surface area contributed by atoms with Gasteiger partial charge in [0.15, 0.2) is 0 Å². The van der Waals surface area contributed by atoms with Gasteiger partial charge >= 0.3 is 5.97 Å². The molecule has 144 valence electrons. The molecular formula is C19H22FN3O4. The number of nitrogens with zero attached hydrogens (tertiary/aromatic N) is 3. The smallest absolute Gasteiger partial charge is 0.305 e. The summed E-state index contributed by atoms with van der Waals surface area (Å²) in [6.45, 7) is 2.75. The van der Waals surface area contributed by atoms with Crippen LogP contribution >= 0.6 is 0 Å². The number of carbonyl (C=O) groups excluding carboxylic acids is 1. The van der Waals surface area contributed by atoms with Crippen molar-refractivity contribution in [3.63, 3.8) is 0 Å². The molecule has 1 fully saturated rings. The van der Waals surface area contributed by atoms with Gasteiger partial charge in [0.05, 0.1) is 30.0 Å². The number of hydrogen-bond acceptors (Lipinski definition) is 4. The first-order valence-corrected chi connectivity index (χ1v) is 8.89. The van der Waals surface area contributed by atoms with E-state index >= 15 is 0 Å². The van der Waals surface area contributed by atoms with E-state index in [-0.39, 0.29) is 30.7 Å². The van der Waals surface area contributed by atoms with E-state index in [4.69, 9.17) is 9.84 Å². The minimum Gasteiger partial charge on any atom is -0.481 e. The summed E-state index contributed by atoms with van der Waals surface area (Å²) in [5.41, 5.74) is 1.07. The Bertz CT molecular complexity index is 830. The van der Waals surface area contributed by atoms with Crippen molar-refractivity contribution in [3.05, 3.63) is 47.5 Å². The minimum absolute atomic E-state index is 0.0817. The van der Waals surface area contributed by atoms with Crippen molar-refractivity contribution in [2.24, 2.45) is 0 Å². The number of carboxylic acid groups (broad SMARTS) is 1. The average molecular weight is 375 g/mol. The molecule has 0 aliphatic carbocycles. The molecule has 0 saturated carbocycles. The second-order valence-electron chi connectivity index (χ2n) is 6.54. The Kier molecular flexibility index (Phi) is 5.85. The van der Waals surface area contributed by atoms with Crippen LogP contribution in [0.15, 0.2) is 30.5 Å². The Labute approximate surface area is 156 Å². The molecule has 8 heteroatoms. The zero-order chi connectivity index (χ0) is 19.4. The van der Waals surface area contributed by atoms with Crippen molar-refractivity contribution >= 4 is 11.9 Å². The third kappa shape index (κ3) is 4.33. The zero-order valence-corrected chi connectivity index (χ0v) is 15.1. The van der Waals surface area contributed by atoms with Crippen LogP contribution in [0.3, 0.4) is 0 Å². The van der Waals surface area contributed by atoms with Crippen LogP contribution in [0.25, 0.3) is 5.69 Å². The van der Waals surface area contributed by atoms with Crippen molar-refractivity contribution in [3.8, 4) is 5.69 Å². The lowest BCUT2D eigenvalue weighted by molar-refractivity contribution is -0.137. The summed E-state index contributed by atoms with van der Waals surface area (Å²) in [6.07, 6.45) is 2.91. The first-order chi connectivity index (χ1) is 13.0. The third-order valence-electron chi connectivity index (χ3n) is 4.65. The lowest BCUT2D eigenvalue weighted by atomic mass is 10.1. The number of amides is 1. The number of ether oxygens (including phenoxy) is 1. The molecule has 27 heavy (non-hydrogen) atoms. The van der Waals surface area contributed by atoms with Crippen molar-refractivity contribution in [1.82, 2.24) is 14.7 Å². The Morgan fingerprint density at radius 3 is 2.85 bits per heavy atom. The van der Waals surface area contributed by atoms with Gasteiger partial charge in [-0.3, -0.25) is 9.59 Å². The predicted molar refractivity (Wildman–Crippen MR) is 95.4 cm³/mol. The molecule has 1 aliphatic rings. The summed E-state index contributed by atoms with van der Waals surface area (Å²) in [6, 6.07) is 6.18. The Balaban J connectivity index is 1.84. The number of carbonyl (C=O) groups is 2. The largest absolute Gasteiger partial charge is 0.481 e. The fraction of sp³-hybridized carbons (Fsp3) is 0.421. The van der Waals surface area contributed by atoms with E-state index in [0.717, 1.165) is 12.8 Å². The molecule has 1 N–H and O–H groups in total. The molecule has 0 bridgehead atoms. The predicted octanol–water partition coefficient (Wildman–Crippen LogP) is 2.42. The summed E-state index contributed by atoms with van der Waals surface area (Å²) in [5, 5.41) is 13.1. The second-order valence-corrected chi connectivity index (χ2v) is 6.54. The van der Waals surface area contributed by atoms with Crippen LogP contribution in [0.2, 0.25) is 0 Å². The van der Waals surface area contributed by atoms with Crippen LogP contribution in [-0.4, -0.2) is 57.5 Å². The van der Waals surface area contributed by atoms with Crippen LogP contribution < -0.4 is 0 Å². The molecule has 2 aromatic rings. The summed E-state index contributed by atoms with van der Waals surface area (Å²) in [4.78, 5) is 25.5. The molecular weight excluding hydrogens is 353 g/mol. The van der Waals surface area contributed by atoms with Gasteiger partial charge in [0, 0.05) is 19.7 Å². The number of halogens is 1. The van der Waals surface area contributed by atoms with E-state index < -0.39 is 11.8 Å². The highest BCUT2D eigenvalue weighted by Gasteiger charge is 2.26. The van der Waals surface area contributed by atoms with Gasteiger partial charge < -0.3 is 14.7 Å². The van der Waals surface area contributed by atoms with Crippen molar-refractivity contribution < 1.29 is 23.8 Å². The van der Waals surface area contributed by atoms with Gasteiger partial charge in [-0.05, 0) is 31.9 Å². The molecule has 1 amide bonds. The number of hydrogen-bond donors (Lipinski definition) is 1. The summed E-state index contributed by atoms with van der Waals surface area (Å²) < 4.78 is 21.0. The van der Waals surface area contributed by atoms with E-state index in [0.29, 0.717) is 24.4 Å². The van der Waals surface area contributed by atoms with E-state index in [1.165, 1.54) is 21.8 Å². The average Bonchev–Trinajstić information content (AvgIpc) is 3.28. The molecule has 0 unspecified atom stereocenters. The molecule has 1 aromatic heterocycles. The highest BCUT2D eigenvalue weighted by Crippen LogP contribution is 2.20. The summed E-state index contributed by atoms with van der Waals surface area (Å²) >= 11 is 0. The van der Waals surface area contributed by atoms with Crippen LogP contribution in [0.5, 0.6) is 0 Å². The van der Waals surface area contributed by atoms with Crippen molar-refractivity contribution in [1.29, 1.82) is 0 Å². The number of rotatable bonds is 7. The van der Waals surface area contributed by atoms with Gasteiger partial charge in [-0.1, -0.05) is 12.1 Å². The second kappa shape index (κ2) is 8.30. The quantitative estimate of drug-likeness (QED) is 0.803. The van der Waals surface area contributed by atoms with Crippen LogP contribution in [0.4, 0.5) is 4.39 Å². The molecule has 7 nitrogen and oxygen atoms in total. The highest BCUT2D eigenvalue weighted by atomic mass is 19.1. The molecule has 2 heterocycles. The lowest BCUT2D eigenvalue weighted by Gasteiger charge is -2.25. The molecule has 1 saturated heterocycles. The van der Waals surface area contributed by atoms with Gasteiger partial charge in [0.1, 0.15) is 11.5 Å². The minimum atomic E-state index is -0.973. The van der Waals surface area contributed by atoms with Gasteiger partial charge in [0.25, 0.3) is 5.91 Å². The molecule has 0 radical (unpaired) electrons. The normalized spacial score (nSPS) is 16.4. The third-order valence-corrected chi connectivity index (χ3v) is 4.65. The maximum Gasteiger partial charge on any atom is 0.305 e. The van der Waals surface area contributed by atoms with Crippen LogP contribution in [-0.2, 0) is 9.53 Å². The molecule has 1 atom stereocenters. The zero-order valence-electron chi connectivity index (χ0n) is 15.1. The molecule has 3 rings (SSSR count). The first kappa shape index (κ1) is 19.0. The standard InChI is InChI=1S/C19H22FN3O4/c1-13-15(11-21-23(13)17-7-3-2-6-16(17)20)19(26)22(9-8-18(24)25)12-14-5-4-10-27-14/h2-3,6-7,11,14H,4-5,8-10,12H2,1H3,(H,24,25)/t14-/m1/s1. The number of aliphatic carboxylic acids is 1. The van der Waals surface area contributed by atoms with Crippen molar-refractivity contribution in [2.45, 2.75) is 32.3 Å². The number of para-hydroxylation sites is 1. The molecule has 1 aliphatic heterocycles. The van der Waals surface area contributed by atoms with E-state index in [1.807, 2.05) is 0 Å². The topological polar surface area (TPSA) is 84.7 Å². The van der Waals surface area contributed by atoms with Gasteiger partial charge in [-0.25, -0.2) is 9.07 Å². The maximum absolute atomic E-state index is 14.1. The van der Waals surface area contributed by atoms with E-state index in [1.54, 1.807) is 25.1 Å². The van der Waals surface area contributed by atoms with Crippen LogP contribution in [0.1, 0.15) is 35.3 Å². The number of aromatic nitrogens is 2. The monoisotopic (exact) mass is 375 g/mol. The molecule has 1 aromatic carbocycles. The van der Waals surface area contributed by atoms with Crippen LogP contribution in [0, 0.1) is 12.7 Å². The fourth-order valence-corrected chi connectivity index (χ4v) is 3.20. The lowest BCUT2D eigenvalue weighted by Crippen LogP contribution is -2.39. The van der Waals surface area contributed by atoms with E-state index in [9.17, 15) is 14.0 Å².